The lowest BCUT2D eigenvalue weighted by molar-refractivity contribution is -0.870. The third-order valence-electron chi connectivity index (χ3n) is 9.13. The van der Waals surface area contributed by atoms with Crippen LogP contribution in [0, 0.1) is 0 Å². The van der Waals surface area contributed by atoms with Crippen LogP contribution in [0.25, 0.3) is 0 Å². The lowest BCUT2D eigenvalue weighted by Crippen LogP contribution is -2.37. The molecule has 0 heterocycles. The Balaban J connectivity index is 4.42. The van der Waals surface area contributed by atoms with Crippen molar-refractivity contribution < 1.29 is 43.4 Å². The van der Waals surface area contributed by atoms with Crippen LogP contribution in [0.15, 0.2) is 12.2 Å². The Hall–Kier alpha value is -1.25. The van der Waals surface area contributed by atoms with Crippen LogP contribution >= 0.6 is 7.82 Å². The van der Waals surface area contributed by atoms with Gasteiger partial charge < -0.3 is 27.9 Å². The van der Waals surface area contributed by atoms with E-state index in [-0.39, 0.29) is 32.5 Å². The molecule has 0 aliphatic heterocycles. The number of rotatable bonds is 39. The number of carbonyl (C=O) groups excluding carboxylic acids is 2. The van der Waals surface area contributed by atoms with Crippen molar-refractivity contribution in [1.29, 1.82) is 0 Å². The van der Waals surface area contributed by atoms with E-state index in [2.05, 4.69) is 26.0 Å². The molecular weight excluding hydrogens is 678 g/mol. The molecule has 2 unspecified atom stereocenters. The minimum absolute atomic E-state index is 0.00552. The van der Waals surface area contributed by atoms with E-state index >= 15 is 0 Å². The molecule has 0 aromatic carbocycles. The summed E-state index contributed by atoms with van der Waals surface area (Å²) in [5.74, 6) is -0.865. The Labute approximate surface area is 322 Å². The predicted molar refractivity (Wildman–Crippen MR) is 213 cm³/mol. The topological polar surface area (TPSA) is 111 Å². The second-order valence-electron chi connectivity index (χ2n) is 15.5. The van der Waals surface area contributed by atoms with Gasteiger partial charge in [-0.1, -0.05) is 154 Å². The van der Waals surface area contributed by atoms with E-state index in [0.29, 0.717) is 17.4 Å². The van der Waals surface area contributed by atoms with E-state index < -0.39 is 32.5 Å². The van der Waals surface area contributed by atoms with E-state index in [1.807, 2.05) is 21.1 Å². The van der Waals surface area contributed by atoms with Gasteiger partial charge in [0, 0.05) is 14.2 Å². The lowest BCUT2D eigenvalue weighted by Gasteiger charge is -2.28. The van der Waals surface area contributed by atoms with Crippen molar-refractivity contribution in [1.82, 2.24) is 0 Å². The first-order valence-corrected chi connectivity index (χ1v) is 22.7. The number of phosphoric ester groups is 1. The summed E-state index contributed by atoms with van der Waals surface area (Å²) in [6.07, 6.45) is 32.0. The fourth-order valence-electron chi connectivity index (χ4n) is 5.75. The predicted octanol–water partition coefficient (Wildman–Crippen LogP) is 11.2. The Morgan fingerprint density at radius 2 is 1.10 bits per heavy atom. The number of hydrogen-bond donors (Lipinski definition) is 0. The van der Waals surface area contributed by atoms with E-state index in [9.17, 15) is 19.0 Å². The summed E-state index contributed by atoms with van der Waals surface area (Å²) < 4.78 is 42.0. The number of quaternary nitrogens is 1. The number of allylic oxidation sites excluding steroid dienone is 2. The SMILES string of the molecule is [2H]C(CCCCCC)[13CH2]/C=C\CCCCCCCC(=O)O[C@H](COC(=O)CCCCCCCCCCCCCCC)COP(=O)([O-])OCC[N+](C)(C)C. The third-order valence-corrected chi connectivity index (χ3v) is 10.1. The van der Waals surface area contributed by atoms with Gasteiger partial charge in [0.2, 0.25) is 0 Å². The maximum Gasteiger partial charge on any atom is 0.306 e. The molecule has 0 fully saturated rings. The molecule has 10 heteroatoms. The molecule has 52 heavy (non-hydrogen) atoms. The van der Waals surface area contributed by atoms with Gasteiger partial charge in [-0.15, -0.1) is 0 Å². The number of ether oxygens (including phenoxy) is 2. The smallest absolute Gasteiger partial charge is 0.306 e. The molecule has 0 radical (unpaired) electrons. The van der Waals surface area contributed by atoms with Gasteiger partial charge in [0.25, 0.3) is 7.82 Å². The molecule has 0 saturated heterocycles. The zero-order valence-electron chi connectivity index (χ0n) is 35.4. The second kappa shape index (κ2) is 35.5. The maximum atomic E-state index is 12.7. The first-order valence-electron chi connectivity index (χ1n) is 21.8. The van der Waals surface area contributed by atoms with Crippen molar-refractivity contribution in [2.45, 2.75) is 200 Å². The molecule has 0 aliphatic rings. The van der Waals surface area contributed by atoms with Gasteiger partial charge in [-0.05, 0) is 38.5 Å². The summed E-state index contributed by atoms with van der Waals surface area (Å²) in [6, 6.07) is 0. The van der Waals surface area contributed by atoms with Crippen LogP contribution in [0.1, 0.15) is 195 Å². The molecule has 308 valence electrons. The Bertz CT molecular complexity index is 945. The van der Waals surface area contributed by atoms with Crippen LogP contribution in [-0.2, 0) is 32.7 Å². The van der Waals surface area contributed by atoms with Crippen LogP contribution in [-0.4, -0.2) is 70.0 Å². The van der Waals surface area contributed by atoms with Crippen LogP contribution in [0.3, 0.4) is 0 Å². The first-order chi connectivity index (χ1) is 25.4. The Kier molecular flexibility index (Phi) is 33.2. The van der Waals surface area contributed by atoms with Gasteiger partial charge in [0.15, 0.2) is 6.10 Å². The monoisotopic (exact) mass is 762 g/mol. The molecule has 0 aromatic heterocycles. The Morgan fingerprint density at radius 3 is 1.63 bits per heavy atom. The van der Waals surface area contributed by atoms with Crippen molar-refractivity contribution >= 4 is 19.8 Å². The van der Waals surface area contributed by atoms with Gasteiger partial charge >= 0.3 is 11.9 Å². The van der Waals surface area contributed by atoms with Gasteiger partial charge in [-0.3, -0.25) is 14.2 Å². The summed E-state index contributed by atoms with van der Waals surface area (Å²) in [7, 11) is 1.14. The van der Waals surface area contributed by atoms with E-state index in [4.69, 9.17) is 19.9 Å². The van der Waals surface area contributed by atoms with Crippen molar-refractivity contribution in [3.05, 3.63) is 12.2 Å². The normalized spacial score (nSPS) is 14.6. The summed E-state index contributed by atoms with van der Waals surface area (Å²) in [4.78, 5) is 37.5. The Morgan fingerprint density at radius 1 is 0.635 bits per heavy atom. The van der Waals surface area contributed by atoms with Crippen molar-refractivity contribution in [2.24, 2.45) is 0 Å². The fraction of sp³-hybridized carbons (Fsp3) is 0.905. The van der Waals surface area contributed by atoms with E-state index in [0.717, 1.165) is 70.6 Å². The van der Waals surface area contributed by atoms with E-state index in [1.165, 1.54) is 83.5 Å². The molecule has 0 bridgehead atoms. The number of likely N-dealkylation sites (N-methyl/N-ethyl adjacent to an activating group) is 1. The molecule has 0 aliphatic carbocycles. The highest BCUT2D eigenvalue weighted by Crippen LogP contribution is 2.38. The fourth-order valence-corrected chi connectivity index (χ4v) is 6.48. The maximum absolute atomic E-state index is 12.7. The minimum atomic E-state index is -4.63. The number of nitrogens with zero attached hydrogens (tertiary/aromatic N) is 1. The van der Waals surface area contributed by atoms with Gasteiger partial charge in [-0.2, -0.15) is 0 Å². The zero-order chi connectivity index (χ0) is 39.5. The average molecular weight is 762 g/mol. The molecule has 0 rings (SSSR count). The summed E-state index contributed by atoms with van der Waals surface area (Å²) >= 11 is 0. The molecule has 0 spiro atoms. The zero-order valence-corrected chi connectivity index (χ0v) is 35.3. The summed E-state index contributed by atoms with van der Waals surface area (Å²) in [5.41, 5.74) is 0. The van der Waals surface area contributed by atoms with Crippen LogP contribution in [0.2, 0.25) is 0 Å². The van der Waals surface area contributed by atoms with Crippen molar-refractivity contribution in [2.75, 3.05) is 47.5 Å². The molecule has 0 aromatic rings. The highest BCUT2D eigenvalue weighted by atomic mass is 31.2. The van der Waals surface area contributed by atoms with Crippen molar-refractivity contribution in [3.63, 3.8) is 0 Å². The standard InChI is InChI=1S/C42H82NO8P/c1-6-8-10-12-14-16-18-20-21-23-25-27-29-31-33-35-42(45)51-40(39-50-52(46,47)49-37-36-43(3,4)5)38-48-41(44)34-32-30-28-26-24-22-19-17-15-13-11-9-7-2/h20-21,40H,6-19,22-39H2,1-5H3/b21-20-/t40-/m1/s1/i16D,18+1/t16?,40-. The van der Waals surface area contributed by atoms with Gasteiger partial charge in [-0.25, -0.2) is 0 Å². The van der Waals surface area contributed by atoms with Gasteiger partial charge in [0.05, 0.1) is 27.7 Å². The first kappa shape index (κ1) is 48.8. The molecule has 0 saturated carbocycles. The molecule has 3 atom stereocenters. The number of hydrogen-bond acceptors (Lipinski definition) is 8. The van der Waals surface area contributed by atoms with Crippen LogP contribution < -0.4 is 4.89 Å². The molecule has 0 N–H and O–H groups in total. The highest BCUT2D eigenvalue weighted by Gasteiger charge is 2.21. The van der Waals surface area contributed by atoms with Crippen LogP contribution in [0.4, 0.5) is 0 Å². The van der Waals surface area contributed by atoms with E-state index in [1.54, 1.807) is 0 Å². The number of unbranched alkanes of at least 4 members (excludes halogenated alkanes) is 20. The van der Waals surface area contributed by atoms with Gasteiger partial charge in [0.1, 0.15) is 19.8 Å². The molecular formula is C42H82NO8P. The number of carbonyl (C=O) groups is 2. The average Bonchev–Trinajstić information content (AvgIpc) is 3.10. The second-order valence-corrected chi connectivity index (χ2v) is 16.9. The number of esters is 2. The molecule has 0 amide bonds. The quantitative estimate of drug-likeness (QED) is 0.0152. The summed E-state index contributed by atoms with van der Waals surface area (Å²) in [6.45, 7) is 4.13. The largest absolute Gasteiger partial charge is 0.756 e. The summed E-state index contributed by atoms with van der Waals surface area (Å²) in [5, 5.41) is 0. The highest BCUT2D eigenvalue weighted by molar-refractivity contribution is 7.45. The third kappa shape index (κ3) is 38.5. The minimum Gasteiger partial charge on any atom is -0.756 e. The van der Waals surface area contributed by atoms with Crippen molar-refractivity contribution in [3.8, 4) is 0 Å². The number of phosphoric acid groups is 1. The van der Waals surface area contributed by atoms with Crippen LogP contribution in [0.5, 0.6) is 0 Å². The molecule has 9 nitrogen and oxygen atoms in total. The lowest BCUT2D eigenvalue weighted by atomic mass is 10.0.